The number of aryl methyl sites for hydroxylation is 1. The Morgan fingerprint density at radius 2 is 2.13 bits per heavy atom. The molecule has 0 saturated carbocycles. The van der Waals surface area contributed by atoms with Crippen molar-refractivity contribution in [2.75, 3.05) is 13.1 Å². The molecule has 4 heteroatoms. The highest BCUT2D eigenvalue weighted by Gasteiger charge is 2.23. The van der Waals surface area contributed by atoms with Crippen molar-refractivity contribution in [1.29, 1.82) is 0 Å². The molecule has 15 heavy (non-hydrogen) atoms. The first kappa shape index (κ1) is 10.2. The van der Waals surface area contributed by atoms with E-state index in [1.54, 1.807) is 0 Å². The summed E-state index contributed by atoms with van der Waals surface area (Å²) >= 11 is 0. The molecule has 0 radical (unpaired) electrons. The molecule has 1 aliphatic rings. The highest BCUT2D eigenvalue weighted by Crippen LogP contribution is 2.13. The number of carbonyl (C=O) groups excluding carboxylic acids is 1. The van der Waals surface area contributed by atoms with E-state index in [-0.39, 0.29) is 12.0 Å². The summed E-state index contributed by atoms with van der Waals surface area (Å²) < 4.78 is 1.83. The maximum atomic E-state index is 12.0. The fourth-order valence-corrected chi connectivity index (χ4v) is 1.91. The minimum absolute atomic E-state index is 0.0643. The topological polar surface area (TPSA) is 45.5 Å². The van der Waals surface area contributed by atoms with E-state index in [0.717, 1.165) is 0 Å². The van der Waals surface area contributed by atoms with Crippen molar-refractivity contribution in [2.45, 2.75) is 18.9 Å². The lowest BCUT2D eigenvalue weighted by molar-refractivity contribution is 0.0538. The predicted molar refractivity (Wildman–Crippen MR) is 56.6 cm³/mol. The first-order valence-corrected chi connectivity index (χ1v) is 5.27. The van der Waals surface area contributed by atoms with Crippen LogP contribution >= 0.6 is 0 Å². The smallest absolute Gasteiger partial charge is 0.270 e. The molecular weight excluding hydrogens is 192 g/mol. The molecule has 1 aromatic rings. The number of amides is 1. The lowest BCUT2D eigenvalue weighted by Gasteiger charge is -2.29. The Balaban J connectivity index is 2.06. The lowest BCUT2D eigenvalue weighted by Crippen LogP contribution is -2.40. The van der Waals surface area contributed by atoms with Gasteiger partial charge in [0.1, 0.15) is 5.69 Å². The molecule has 0 bridgehead atoms. The van der Waals surface area contributed by atoms with Crippen LogP contribution in [0.5, 0.6) is 0 Å². The van der Waals surface area contributed by atoms with Gasteiger partial charge in [0.25, 0.3) is 5.91 Å². The molecule has 1 N–H and O–H groups in total. The summed E-state index contributed by atoms with van der Waals surface area (Å²) in [6, 6.07) is 3.69. The third kappa shape index (κ3) is 2.04. The molecule has 1 aromatic heterocycles. The minimum Gasteiger partial charge on any atom is -0.393 e. The Morgan fingerprint density at radius 1 is 1.47 bits per heavy atom. The molecule has 82 valence electrons. The number of piperidine rings is 1. The van der Waals surface area contributed by atoms with Crippen LogP contribution in [0.2, 0.25) is 0 Å². The Kier molecular flexibility index (Phi) is 2.77. The normalized spacial score (nSPS) is 18.1. The monoisotopic (exact) mass is 208 g/mol. The molecule has 0 aromatic carbocycles. The summed E-state index contributed by atoms with van der Waals surface area (Å²) in [6.45, 7) is 1.32. The molecule has 4 nitrogen and oxygen atoms in total. The fraction of sp³-hybridized carbons (Fsp3) is 0.545. The summed E-state index contributed by atoms with van der Waals surface area (Å²) in [7, 11) is 1.87. The number of nitrogens with zero attached hydrogens (tertiary/aromatic N) is 2. The highest BCUT2D eigenvalue weighted by atomic mass is 16.3. The lowest BCUT2D eigenvalue weighted by atomic mass is 10.1. The van der Waals surface area contributed by atoms with E-state index in [4.69, 9.17) is 0 Å². The van der Waals surface area contributed by atoms with Gasteiger partial charge in [-0.2, -0.15) is 0 Å². The summed E-state index contributed by atoms with van der Waals surface area (Å²) in [4.78, 5) is 13.8. The second-order valence-corrected chi connectivity index (χ2v) is 4.03. The maximum Gasteiger partial charge on any atom is 0.270 e. The summed E-state index contributed by atoms with van der Waals surface area (Å²) in [5.74, 6) is 0.0643. The van der Waals surface area contributed by atoms with Crippen molar-refractivity contribution in [2.24, 2.45) is 7.05 Å². The summed E-state index contributed by atoms with van der Waals surface area (Å²) in [5.41, 5.74) is 0.714. The molecule has 2 heterocycles. The molecule has 0 atom stereocenters. The zero-order valence-electron chi connectivity index (χ0n) is 8.89. The number of likely N-dealkylation sites (tertiary alicyclic amines) is 1. The van der Waals surface area contributed by atoms with Crippen LogP contribution in [0.15, 0.2) is 18.3 Å². The first-order valence-electron chi connectivity index (χ1n) is 5.27. The van der Waals surface area contributed by atoms with Gasteiger partial charge >= 0.3 is 0 Å². The van der Waals surface area contributed by atoms with Crippen LogP contribution in [0.25, 0.3) is 0 Å². The van der Waals surface area contributed by atoms with Crippen LogP contribution in [0.1, 0.15) is 23.3 Å². The zero-order valence-corrected chi connectivity index (χ0v) is 8.89. The van der Waals surface area contributed by atoms with E-state index in [1.165, 1.54) is 0 Å². The van der Waals surface area contributed by atoms with Gasteiger partial charge in [-0.05, 0) is 25.0 Å². The molecule has 1 fully saturated rings. The van der Waals surface area contributed by atoms with Gasteiger partial charge in [0, 0.05) is 26.3 Å². The van der Waals surface area contributed by atoms with Gasteiger partial charge in [-0.1, -0.05) is 0 Å². The van der Waals surface area contributed by atoms with Crippen molar-refractivity contribution in [3.8, 4) is 0 Å². The SMILES string of the molecule is Cn1cccc1C(=O)N1CCC(O)CC1. The standard InChI is InChI=1S/C11H16N2O2/c1-12-6-2-3-10(12)11(15)13-7-4-9(14)5-8-13/h2-3,6,9,14H,4-5,7-8H2,1H3. The molecule has 2 rings (SSSR count). The molecule has 1 amide bonds. The first-order chi connectivity index (χ1) is 7.18. The van der Waals surface area contributed by atoms with Crippen molar-refractivity contribution >= 4 is 5.91 Å². The van der Waals surface area contributed by atoms with Gasteiger partial charge in [-0.3, -0.25) is 4.79 Å². The van der Waals surface area contributed by atoms with E-state index in [9.17, 15) is 9.90 Å². The fourth-order valence-electron chi connectivity index (χ4n) is 1.91. The van der Waals surface area contributed by atoms with Crippen LogP contribution in [-0.2, 0) is 7.05 Å². The van der Waals surface area contributed by atoms with E-state index in [1.807, 2.05) is 34.8 Å². The van der Waals surface area contributed by atoms with Crippen molar-refractivity contribution in [1.82, 2.24) is 9.47 Å². The number of hydrogen-bond donors (Lipinski definition) is 1. The zero-order chi connectivity index (χ0) is 10.8. The number of aliphatic hydroxyl groups is 1. The minimum atomic E-state index is -0.234. The average molecular weight is 208 g/mol. The van der Waals surface area contributed by atoms with Crippen molar-refractivity contribution in [3.63, 3.8) is 0 Å². The van der Waals surface area contributed by atoms with E-state index >= 15 is 0 Å². The molecule has 0 aliphatic carbocycles. The van der Waals surface area contributed by atoms with Crippen LogP contribution in [-0.4, -0.2) is 39.7 Å². The molecule has 1 saturated heterocycles. The molecular formula is C11H16N2O2. The van der Waals surface area contributed by atoms with Crippen molar-refractivity contribution < 1.29 is 9.90 Å². The summed E-state index contributed by atoms with van der Waals surface area (Å²) in [5, 5.41) is 9.35. The second-order valence-electron chi connectivity index (χ2n) is 4.03. The Labute approximate surface area is 89.1 Å². The Hall–Kier alpha value is -1.29. The quantitative estimate of drug-likeness (QED) is 0.735. The Morgan fingerprint density at radius 3 is 2.67 bits per heavy atom. The largest absolute Gasteiger partial charge is 0.393 e. The highest BCUT2D eigenvalue weighted by molar-refractivity contribution is 5.92. The third-order valence-electron chi connectivity index (χ3n) is 2.91. The van der Waals surface area contributed by atoms with Gasteiger partial charge in [0.15, 0.2) is 0 Å². The van der Waals surface area contributed by atoms with Gasteiger partial charge in [0.2, 0.25) is 0 Å². The molecule has 1 aliphatic heterocycles. The maximum absolute atomic E-state index is 12.0. The molecule has 0 spiro atoms. The van der Waals surface area contributed by atoms with Crippen LogP contribution < -0.4 is 0 Å². The number of hydrogen-bond acceptors (Lipinski definition) is 2. The van der Waals surface area contributed by atoms with Crippen LogP contribution in [0, 0.1) is 0 Å². The number of rotatable bonds is 1. The van der Waals surface area contributed by atoms with Gasteiger partial charge in [-0.15, -0.1) is 0 Å². The van der Waals surface area contributed by atoms with Crippen LogP contribution in [0.4, 0.5) is 0 Å². The third-order valence-corrected chi connectivity index (χ3v) is 2.91. The van der Waals surface area contributed by atoms with Gasteiger partial charge in [-0.25, -0.2) is 0 Å². The van der Waals surface area contributed by atoms with E-state index in [2.05, 4.69) is 0 Å². The number of carbonyl (C=O) groups is 1. The summed E-state index contributed by atoms with van der Waals surface area (Å²) in [6.07, 6.45) is 3.01. The van der Waals surface area contributed by atoms with Crippen molar-refractivity contribution in [3.05, 3.63) is 24.0 Å². The predicted octanol–water partition coefficient (Wildman–Crippen LogP) is 0.622. The Bertz CT molecular complexity index is 351. The number of aliphatic hydroxyl groups excluding tert-OH is 1. The van der Waals surface area contributed by atoms with E-state index in [0.29, 0.717) is 31.6 Å². The average Bonchev–Trinajstić information content (AvgIpc) is 2.65. The second kappa shape index (κ2) is 4.06. The van der Waals surface area contributed by atoms with Crippen LogP contribution in [0.3, 0.4) is 0 Å². The molecule has 0 unspecified atom stereocenters. The number of aromatic nitrogens is 1. The van der Waals surface area contributed by atoms with Gasteiger partial charge in [0.05, 0.1) is 6.10 Å². The van der Waals surface area contributed by atoms with E-state index < -0.39 is 0 Å². The van der Waals surface area contributed by atoms with Gasteiger partial charge < -0.3 is 14.6 Å².